The second kappa shape index (κ2) is 10.4. The lowest BCUT2D eigenvalue weighted by Crippen LogP contribution is -2.35. The molecule has 1 fully saturated rings. The zero-order chi connectivity index (χ0) is 20.8. The number of aromatic nitrogens is 4. The largest absolute Gasteiger partial charge is 0.396 e. The van der Waals surface area contributed by atoms with Gasteiger partial charge in [0.1, 0.15) is 11.0 Å². The van der Waals surface area contributed by atoms with Crippen molar-refractivity contribution in [3.63, 3.8) is 0 Å². The van der Waals surface area contributed by atoms with Gasteiger partial charge in [-0.1, -0.05) is 0 Å². The molecule has 11 nitrogen and oxygen atoms in total. The third-order valence-corrected chi connectivity index (χ3v) is 6.88. The summed E-state index contributed by atoms with van der Waals surface area (Å²) in [5.74, 6) is 0.659. The van der Waals surface area contributed by atoms with E-state index in [-0.39, 0.29) is 19.7 Å². The van der Waals surface area contributed by atoms with Crippen LogP contribution in [0.3, 0.4) is 0 Å². The number of aromatic amines is 1. The van der Waals surface area contributed by atoms with Crippen LogP contribution in [0.15, 0.2) is 21.9 Å². The number of rotatable bonds is 9. The Morgan fingerprint density at radius 1 is 1.41 bits per heavy atom. The van der Waals surface area contributed by atoms with Crippen LogP contribution in [0.5, 0.6) is 0 Å². The fourth-order valence-corrected chi connectivity index (χ4v) is 5.08. The lowest BCUT2D eigenvalue weighted by Gasteiger charge is -2.34. The van der Waals surface area contributed by atoms with Gasteiger partial charge in [-0.2, -0.15) is 5.21 Å². The molecular formula is C16H26N8O3S2. The first-order valence-corrected chi connectivity index (χ1v) is 11.3. The SMILES string of the molecule is NCC(O)CNS(=O)c1ccc(N2CCC(CO)CC2)c(-c2nn[nH]n2)c1SN. The summed E-state index contributed by atoms with van der Waals surface area (Å²) in [6.45, 7) is 1.89. The highest BCUT2D eigenvalue weighted by Crippen LogP contribution is 2.40. The number of nitrogens with zero attached hydrogens (tertiary/aromatic N) is 4. The molecule has 2 aromatic rings. The summed E-state index contributed by atoms with van der Waals surface area (Å²) < 4.78 is 15.6. The number of hydrogen-bond acceptors (Lipinski definition) is 10. The van der Waals surface area contributed by atoms with Crippen molar-refractivity contribution >= 4 is 28.6 Å². The Morgan fingerprint density at radius 3 is 2.76 bits per heavy atom. The maximum absolute atomic E-state index is 12.8. The van der Waals surface area contributed by atoms with Gasteiger partial charge in [0.05, 0.1) is 21.5 Å². The molecule has 0 amide bonds. The van der Waals surface area contributed by atoms with Gasteiger partial charge in [0.15, 0.2) is 0 Å². The van der Waals surface area contributed by atoms with Crippen molar-refractivity contribution in [3.05, 3.63) is 12.1 Å². The summed E-state index contributed by atoms with van der Waals surface area (Å²) >= 11 is 0.963. The number of H-pyrrole nitrogens is 1. The van der Waals surface area contributed by atoms with Crippen LogP contribution in [0.2, 0.25) is 0 Å². The van der Waals surface area contributed by atoms with Crippen LogP contribution in [0.25, 0.3) is 11.4 Å². The average molecular weight is 443 g/mol. The molecule has 0 bridgehead atoms. The van der Waals surface area contributed by atoms with Crippen molar-refractivity contribution in [2.45, 2.75) is 28.7 Å². The van der Waals surface area contributed by atoms with Crippen LogP contribution < -0.4 is 20.5 Å². The van der Waals surface area contributed by atoms with E-state index in [1.54, 1.807) is 6.07 Å². The topological polar surface area (TPSA) is 179 Å². The first kappa shape index (κ1) is 22.1. The van der Waals surface area contributed by atoms with Crippen LogP contribution in [-0.2, 0) is 11.0 Å². The minimum Gasteiger partial charge on any atom is -0.396 e. The summed E-state index contributed by atoms with van der Waals surface area (Å²) in [7, 11) is -1.61. The van der Waals surface area contributed by atoms with E-state index in [0.717, 1.165) is 43.6 Å². The van der Waals surface area contributed by atoms with E-state index in [1.807, 2.05) is 6.07 Å². The van der Waals surface area contributed by atoms with E-state index < -0.39 is 17.1 Å². The van der Waals surface area contributed by atoms with Crippen molar-refractivity contribution in [2.24, 2.45) is 16.8 Å². The maximum Gasteiger partial charge on any atom is 0.207 e. The normalized spacial score (nSPS) is 17.4. The number of piperidine rings is 1. The second-order valence-electron chi connectivity index (χ2n) is 6.76. The van der Waals surface area contributed by atoms with Gasteiger partial charge in [0, 0.05) is 38.5 Å². The molecule has 29 heavy (non-hydrogen) atoms. The molecule has 2 heterocycles. The minimum atomic E-state index is -1.61. The molecule has 2 atom stereocenters. The average Bonchev–Trinajstić information content (AvgIpc) is 3.30. The van der Waals surface area contributed by atoms with Gasteiger partial charge in [-0.05, 0) is 48.1 Å². The second-order valence-corrected chi connectivity index (χ2v) is 8.67. The molecule has 1 aliphatic rings. The van der Waals surface area contributed by atoms with Crippen LogP contribution in [0.4, 0.5) is 5.69 Å². The van der Waals surface area contributed by atoms with Crippen molar-refractivity contribution in [3.8, 4) is 11.4 Å². The van der Waals surface area contributed by atoms with Gasteiger partial charge in [0.2, 0.25) is 5.82 Å². The highest BCUT2D eigenvalue weighted by molar-refractivity contribution is 7.97. The Labute approximate surface area is 175 Å². The number of nitrogens with one attached hydrogen (secondary N) is 2. The molecule has 8 N–H and O–H groups in total. The van der Waals surface area contributed by atoms with Gasteiger partial charge in [-0.25, -0.2) is 8.93 Å². The molecule has 0 spiro atoms. The fourth-order valence-electron chi connectivity index (χ4n) is 3.25. The zero-order valence-electron chi connectivity index (χ0n) is 15.8. The molecular weight excluding hydrogens is 416 g/mol. The van der Waals surface area contributed by atoms with Crippen LogP contribution in [0, 0.1) is 5.92 Å². The Kier molecular flexibility index (Phi) is 7.94. The molecule has 1 aromatic heterocycles. The van der Waals surface area contributed by atoms with E-state index in [9.17, 15) is 14.4 Å². The van der Waals surface area contributed by atoms with Crippen molar-refractivity contribution in [2.75, 3.05) is 37.7 Å². The Hall–Kier alpha value is -1.61. The number of tetrazole rings is 1. The molecule has 2 unspecified atom stereocenters. The van der Waals surface area contributed by atoms with E-state index in [1.165, 1.54) is 0 Å². The molecule has 1 saturated heterocycles. The number of anilines is 1. The molecule has 1 aliphatic heterocycles. The Morgan fingerprint density at radius 2 is 2.17 bits per heavy atom. The number of aliphatic hydroxyl groups is 2. The van der Waals surface area contributed by atoms with Crippen LogP contribution >= 0.6 is 11.9 Å². The van der Waals surface area contributed by atoms with Crippen LogP contribution in [0.1, 0.15) is 12.8 Å². The van der Waals surface area contributed by atoms with Gasteiger partial charge in [0.25, 0.3) is 0 Å². The highest BCUT2D eigenvalue weighted by atomic mass is 32.2. The van der Waals surface area contributed by atoms with Crippen LogP contribution in [-0.4, -0.2) is 73.9 Å². The number of nitrogens with two attached hydrogens (primary N) is 2. The predicted octanol–water partition coefficient (Wildman–Crippen LogP) is -1.03. The van der Waals surface area contributed by atoms with E-state index in [2.05, 4.69) is 30.2 Å². The van der Waals surface area contributed by atoms with E-state index in [0.29, 0.717) is 27.1 Å². The third kappa shape index (κ3) is 5.12. The molecule has 3 rings (SSSR count). The van der Waals surface area contributed by atoms with Crippen molar-refractivity contribution in [1.82, 2.24) is 25.3 Å². The standard InChI is InChI=1S/C16H26N8O3S2/c17-7-11(26)8-19-29(27)13-2-1-12(24-5-3-10(9-25)4-6-24)14(15(13)28-18)16-20-22-23-21-16/h1-2,10-11,19,25-26H,3-9,17-18H2,(H,20,21,22,23). The molecule has 1 aromatic carbocycles. The monoisotopic (exact) mass is 442 g/mol. The summed E-state index contributed by atoms with van der Waals surface area (Å²) in [4.78, 5) is 3.23. The maximum atomic E-state index is 12.8. The first-order chi connectivity index (χ1) is 14.1. The molecule has 0 radical (unpaired) electrons. The Bertz CT molecular complexity index is 815. The summed E-state index contributed by atoms with van der Waals surface area (Å²) in [5, 5.41) is 39.3. The Balaban J connectivity index is 1.97. The van der Waals surface area contributed by atoms with Crippen molar-refractivity contribution < 1.29 is 14.4 Å². The van der Waals surface area contributed by atoms with Crippen molar-refractivity contribution in [1.29, 1.82) is 0 Å². The van der Waals surface area contributed by atoms with Gasteiger partial charge in [-0.15, -0.1) is 10.2 Å². The molecule has 160 valence electrons. The molecule has 13 heteroatoms. The van der Waals surface area contributed by atoms with Gasteiger partial charge in [-0.3, -0.25) is 5.14 Å². The zero-order valence-corrected chi connectivity index (χ0v) is 17.5. The number of hydrogen-bond donors (Lipinski definition) is 6. The van der Waals surface area contributed by atoms with E-state index >= 15 is 0 Å². The lowest BCUT2D eigenvalue weighted by atomic mass is 9.97. The molecule has 0 saturated carbocycles. The summed E-state index contributed by atoms with van der Waals surface area (Å²) in [5.41, 5.74) is 6.93. The first-order valence-electron chi connectivity index (χ1n) is 9.25. The highest BCUT2D eigenvalue weighted by Gasteiger charge is 2.27. The lowest BCUT2D eigenvalue weighted by molar-refractivity contribution is 0.187. The van der Waals surface area contributed by atoms with E-state index in [4.69, 9.17) is 10.9 Å². The fraction of sp³-hybridized carbons (Fsp3) is 0.562. The molecule has 0 aliphatic carbocycles. The quantitative estimate of drug-likeness (QED) is 0.263. The third-order valence-electron chi connectivity index (χ3n) is 4.92. The summed E-state index contributed by atoms with van der Waals surface area (Å²) in [6.07, 6.45) is 0.954. The number of benzene rings is 1. The smallest absolute Gasteiger partial charge is 0.207 e. The van der Waals surface area contributed by atoms with Gasteiger partial charge >= 0.3 is 0 Å². The van der Waals surface area contributed by atoms with Gasteiger partial charge < -0.3 is 20.8 Å². The number of aliphatic hydroxyl groups excluding tert-OH is 2. The summed E-state index contributed by atoms with van der Waals surface area (Å²) in [6, 6.07) is 3.63. The minimum absolute atomic E-state index is 0.0690. The predicted molar refractivity (Wildman–Crippen MR) is 111 cm³/mol.